The summed E-state index contributed by atoms with van der Waals surface area (Å²) in [6.45, 7) is 0. The number of carbonyl (C=O) groups is 1. The molecule has 0 saturated heterocycles. The molecule has 0 spiro atoms. The van der Waals surface area contributed by atoms with Gasteiger partial charge in [0.1, 0.15) is 0 Å². The highest BCUT2D eigenvalue weighted by Crippen LogP contribution is 2.20. The maximum Gasteiger partial charge on any atom is 0.253 e. The third kappa shape index (κ3) is 2.11. The fourth-order valence-electron chi connectivity index (χ4n) is 1.07. The molecular formula is C9H12ClNO. The van der Waals surface area contributed by atoms with Gasteiger partial charge in [-0.2, -0.15) is 0 Å². The zero-order chi connectivity index (χ0) is 9.14. The first-order valence-electron chi connectivity index (χ1n) is 3.89. The van der Waals surface area contributed by atoms with Crippen LogP contribution in [0.3, 0.4) is 0 Å². The second kappa shape index (κ2) is 3.76. The molecule has 0 saturated carbocycles. The standard InChI is InChI=1S/C9H12ClNO/c1-11(2)9(12)7-4-3-5-8(10)6-7/h4,6H,3,5H2,1-2H3. The Labute approximate surface area is 77.5 Å². The summed E-state index contributed by atoms with van der Waals surface area (Å²) in [4.78, 5) is 13.0. The molecule has 0 bridgehead atoms. The lowest BCUT2D eigenvalue weighted by Crippen LogP contribution is -2.23. The SMILES string of the molecule is CN(C)C(=O)C1=CCCC(Cl)=C1. The van der Waals surface area contributed by atoms with Gasteiger partial charge in [-0.05, 0) is 18.9 Å². The van der Waals surface area contributed by atoms with Gasteiger partial charge in [0.15, 0.2) is 0 Å². The van der Waals surface area contributed by atoms with Crippen molar-refractivity contribution < 1.29 is 4.79 Å². The van der Waals surface area contributed by atoms with E-state index in [0.717, 1.165) is 17.9 Å². The van der Waals surface area contributed by atoms with Gasteiger partial charge in [-0.3, -0.25) is 4.79 Å². The van der Waals surface area contributed by atoms with E-state index in [0.29, 0.717) is 5.57 Å². The van der Waals surface area contributed by atoms with Gasteiger partial charge in [0, 0.05) is 24.7 Å². The Morgan fingerprint density at radius 1 is 1.58 bits per heavy atom. The molecule has 0 radical (unpaired) electrons. The van der Waals surface area contributed by atoms with Gasteiger partial charge in [-0.25, -0.2) is 0 Å². The van der Waals surface area contributed by atoms with E-state index in [9.17, 15) is 4.79 Å². The molecule has 0 aromatic rings. The summed E-state index contributed by atoms with van der Waals surface area (Å²) >= 11 is 5.81. The van der Waals surface area contributed by atoms with Crippen molar-refractivity contribution in [3.05, 3.63) is 22.8 Å². The van der Waals surface area contributed by atoms with Crippen LogP contribution in [0.5, 0.6) is 0 Å². The lowest BCUT2D eigenvalue weighted by molar-refractivity contribution is -0.124. The first-order valence-corrected chi connectivity index (χ1v) is 4.27. The summed E-state index contributed by atoms with van der Waals surface area (Å²) in [5, 5.41) is 0.766. The largest absolute Gasteiger partial charge is 0.345 e. The molecule has 0 heterocycles. The lowest BCUT2D eigenvalue weighted by Gasteiger charge is -2.13. The molecule has 0 N–H and O–H groups in total. The van der Waals surface area contributed by atoms with Crippen molar-refractivity contribution in [2.75, 3.05) is 14.1 Å². The minimum absolute atomic E-state index is 0.0212. The normalized spacial score (nSPS) is 16.6. The van der Waals surface area contributed by atoms with E-state index in [1.54, 1.807) is 25.1 Å². The summed E-state index contributed by atoms with van der Waals surface area (Å²) in [5.74, 6) is 0.0212. The topological polar surface area (TPSA) is 20.3 Å². The number of hydrogen-bond acceptors (Lipinski definition) is 1. The monoisotopic (exact) mass is 185 g/mol. The van der Waals surface area contributed by atoms with Crippen LogP contribution in [0.4, 0.5) is 0 Å². The molecule has 1 aliphatic carbocycles. The third-order valence-corrected chi connectivity index (χ3v) is 2.01. The number of amides is 1. The van der Waals surface area contributed by atoms with Crippen LogP contribution in [-0.2, 0) is 4.79 Å². The maximum atomic E-state index is 11.4. The summed E-state index contributed by atoms with van der Waals surface area (Å²) < 4.78 is 0. The fraction of sp³-hybridized carbons (Fsp3) is 0.444. The van der Waals surface area contributed by atoms with Crippen molar-refractivity contribution in [3.63, 3.8) is 0 Å². The van der Waals surface area contributed by atoms with Crippen LogP contribution in [-0.4, -0.2) is 24.9 Å². The van der Waals surface area contributed by atoms with Crippen molar-refractivity contribution >= 4 is 17.5 Å². The summed E-state index contributed by atoms with van der Waals surface area (Å²) in [5.41, 5.74) is 0.705. The quantitative estimate of drug-likeness (QED) is 0.611. The Bertz CT molecular complexity index is 253. The Hall–Kier alpha value is -0.760. The molecular weight excluding hydrogens is 174 g/mol. The highest BCUT2D eigenvalue weighted by Gasteiger charge is 2.12. The molecule has 0 aliphatic heterocycles. The van der Waals surface area contributed by atoms with Gasteiger partial charge in [-0.15, -0.1) is 0 Å². The van der Waals surface area contributed by atoms with Crippen LogP contribution in [0.1, 0.15) is 12.8 Å². The van der Waals surface area contributed by atoms with Crippen LogP contribution in [0, 0.1) is 0 Å². The smallest absolute Gasteiger partial charge is 0.253 e. The Morgan fingerprint density at radius 2 is 2.25 bits per heavy atom. The highest BCUT2D eigenvalue weighted by atomic mass is 35.5. The molecule has 0 atom stereocenters. The van der Waals surface area contributed by atoms with E-state index < -0.39 is 0 Å². The minimum Gasteiger partial charge on any atom is -0.345 e. The van der Waals surface area contributed by atoms with E-state index in [-0.39, 0.29) is 5.91 Å². The molecule has 1 rings (SSSR count). The lowest BCUT2D eigenvalue weighted by atomic mass is 10.1. The first-order chi connectivity index (χ1) is 5.61. The van der Waals surface area contributed by atoms with Crippen LogP contribution in [0.25, 0.3) is 0 Å². The van der Waals surface area contributed by atoms with Crippen molar-refractivity contribution in [2.45, 2.75) is 12.8 Å². The van der Waals surface area contributed by atoms with Crippen LogP contribution >= 0.6 is 11.6 Å². The maximum absolute atomic E-state index is 11.4. The average molecular weight is 186 g/mol. The highest BCUT2D eigenvalue weighted by molar-refractivity contribution is 6.30. The number of rotatable bonds is 1. The summed E-state index contributed by atoms with van der Waals surface area (Å²) in [7, 11) is 3.47. The van der Waals surface area contributed by atoms with E-state index in [1.165, 1.54) is 0 Å². The Balaban J connectivity index is 2.76. The van der Waals surface area contributed by atoms with Gasteiger partial charge in [0.2, 0.25) is 0 Å². The molecule has 0 aromatic heterocycles. The predicted molar refractivity (Wildman–Crippen MR) is 49.9 cm³/mol. The molecule has 1 amide bonds. The van der Waals surface area contributed by atoms with Crippen LogP contribution in [0.2, 0.25) is 0 Å². The third-order valence-electron chi connectivity index (χ3n) is 1.71. The second-order valence-corrected chi connectivity index (χ2v) is 3.47. The van der Waals surface area contributed by atoms with Crippen LogP contribution < -0.4 is 0 Å². The fourth-order valence-corrected chi connectivity index (χ4v) is 1.30. The molecule has 3 heteroatoms. The first kappa shape index (κ1) is 9.33. The molecule has 12 heavy (non-hydrogen) atoms. The van der Waals surface area contributed by atoms with Gasteiger partial charge in [0.05, 0.1) is 0 Å². The number of allylic oxidation sites excluding steroid dienone is 2. The molecule has 0 fully saturated rings. The van der Waals surface area contributed by atoms with Crippen molar-refractivity contribution in [2.24, 2.45) is 0 Å². The zero-order valence-corrected chi connectivity index (χ0v) is 8.06. The second-order valence-electron chi connectivity index (χ2n) is 2.99. The number of likely N-dealkylation sites (N-methyl/N-ethyl adjacent to an activating group) is 1. The Morgan fingerprint density at radius 3 is 2.75 bits per heavy atom. The van der Waals surface area contributed by atoms with Gasteiger partial charge in [-0.1, -0.05) is 17.7 Å². The van der Waals surface area contributed by atoms with Crippen molar-refractivity contribution in [1.29, 1.82) is 0 Å². The molecule has 0 aromatic carbocycles. The van der Waals surface area contributed by atoms with Crippen molar-refractivity contribution in [1.82, 2.24) is 4.90 Å². The summed E-state index contributed by atoms with van der Waals surface area (Å²) in [6, 6.07) is 0. The predicted octanol–water partition coefficient (Wildman–Crippen LogP) is 1.92. The van der Waals surface area contributed by atoms with E-state index in [4.69, 9.17) is 11.6 Å². The number of hydrogen-bond donors (Lipinski definition) is 0. The van der Waals surface area contributed by atoms with Crippen LogP contribution in [0.15, 0.2) is 22.8 Å². The number of carbonyl (C=O) groups excluding carboxylic acids is 1. The summed E-state index contributed by atoms with van der Waals surface area (Å²) in [6.07, 6.45) is 5.39. The van der Waals surface area contributed by atoms with E-state index in [2.05, 4.69) is 0 Å². The average Bonchev–Trinajstić information content (AvgIpc) is 2.03. The molecule has 1 aliphatic rings. The van der Waals surface area contributed by atoms with Crippen molar-refractivity contribution in [3.8, 4) is 0 Å². The molecule has 2 nitrogen and oxygen atoms in total. The molecule has 0 unspecified atom stereocenters. The Kier molecular flexibility index (Phi) is 2.93. The van der Waals surface area contributed by atoms with E-state index in [1.807, 2.05) is 6.08 Å². The zero-order valence-electron chi connectivity index (χ0n) is 7.30. The minimum atomic E-state index is 0.0212. The van der Waals surface area contributed by atoms with Gasteiger partial charge < -0.3 is 4.90 Å². The molecule has 66 valence electrons. The van der Waals surface area contributed by atoms with Gasteiger partial charge in [0.25, 0.3) is 5.91 Å². The number of nitrogens with zero attached hydrogens (tertiary/aromatic N) is 1. The van der Waals surface area contributed by atoms with E-state index >= 15 is 0 Å². The van der Waals surface area contributed by atoms with Gasteiger partial charge >= 0.3 is 0 Å². The number of halogens is 1.